The van der Waals surface area contributed by atoms with Crippen LogP contribution in [0.5, 0.6) is 5.75 Å². The van der Waals surface area contributed by atoms with Crippen LogP contribution >= 0.6 is 0 Å². The molecule has 0 spiro atoms. The van der Waals surface area contributed by atoms with Crippen molar-refractivity contribution in [3.8, 4) is 5.75 Å². The third kappa shape index (κ3) is 5.26. The first-order valence-corrected chi connectivity index (χ1v) is 11.0. The van der Waals surface area contributed by atoms with Gasteiger partial charge in [-0.3, -0.25) is 14.2 Å². The van der Waals surface area contributed by atoms with Gasteiger partial charge in [0.1, 0.15) is 12.4 Å². The summed E-state index contributed by atoms with van der Waals surface area (Å²) >= 11 is 0. The van der Waals surface area contributed by atoms with Crippen molar-refractivity contribution in [3.63, 3.8) is 0 Å². The van der Waals surface area contributed by atoms with Gasteiger partial charge in [0.25, 0.3) is 0 Å². The van der Waals surface area contributed by atoms with E-state index in [1.54, 1.807) is 0 Å². The van der Waals surface area contributed by atoms with Crippen LogP contribution in [-0.4, -0.2) is 61.5 Å². The van der Waals surface area contributed by atoms with Crippen molar-refractivity contribution >= 4 is 0 Å². The number of ether oxygens (including phenoxy) is 1. The van der Waals surface area contributed by atoms with Gasteiger partial charge in [0.05, 0.1) is 19.3 Å². The number of benzene rings is 2. The fourth-order valence-corrected chi connectivity index (χ4v) is 4.79. The molecule has 2 heterocycles. The molecule has 32 heavy (non-hydrogen) atoms. The second kappa shape index (κ2) is 9.40. The average Bonchev–Trinajstić information content (AvgIpc) is 2.70. The molecular formula is C25H29F4N2O. The topological polar surface area (TPSA) is 15.7 Å². The first kappa shape index (κ1) is 23.1. The molecule has 0 N–H and O–H groups in total. The van der Waals surface area contributed by atoms with Crippen LogP contribution in [0.2, 0.25) is 0 Å². The zero-order valence-corrected chi connectivity index (χ0v) is 18.2. The molecule has 4 rings (SSSR count). The summed E-state index contributed by atoms with van der Waals surface area (Å²) in [6.45, 7) is 7.34. The van der Waals surface area contributed by atoms with Crippen LogP contribution in [0.4, 0.5) is 17.6 Å². The van der Waals surface area contributed by atoms with Crippen molar-refractivity contribution in [3.05, 3.63) is 71.6 Å². The second-order valence-electron chi connectivity index (χ2n) is 8.97. The normalized spacial score (nSPS) is 22.4. The maximum Gasteiger partial charge on any atom is 0.401 e. The number of likely N-dealkylation sites (tertiary alicyclic amines) is 1. The lowest BCUT2D eigenvalue weighted by Crippen LogP contribution is -2.49. The summed E-state index contributed by atoms with van der Waals surface area (Å²) in [5.74, 6) is 0.824. The molecule has 2 aromatic rings. The van der Waals surface area contributed by atoms with E-state index in [4.69, 9.17) is 4.74 Å². The van der Waals surface area contributed by atoms with Crippen LogP contribution in [0.15, 0.2) is 42.5 Å². The molecule has 1 radical (unpaired) electrons. The predicted molar refractivity (Wildman–Crippen MR) is 117 cm³/mol. The van der Waals surface area contributed by atoms with Crippen LogP contribution in [-0.2, 0) is 6.42 Å². The van der Waals surface area contributed by atoms with E-state index in [1.165, 1.54) is 4.90 Å². The zero-order chi connectivity index (χ0) is 22.9. The van der Waals surface area contributed by atoms with Crippen LogP contribution in [0.1, 0.15) is 35.2 Å². The molecule has 0 bridgehead atoms. The second-order valence-corrected chi connectivity index (χ2v) is 8.97. The first-order chi connectivity index (χ1) is 15.2. The Morgan fingerprint density at radius 1 is 1.09 bits per heavy atom. The van der Waals surface area contributed by atoms with Gasteiger partial charge in [-0.05, 0) is 54.7 Å². The van der Waals surface area contributed by atoms with E-state index in [0.29, 0.717) is 18.8 Å². The molecule has 2 aliphatic rings. The van der Waals surface area contributed by atoms with Gasteiger partial charge in [-0.2, -0.15) is 13.2 Å². The van der Waals surface area contributed by atoms with Gasteiger partial charge < -0.3 is 4.74 Å². The van der Waals surface area contributed by atoms with Crippen LogP contribution in [0.3, 0.4) is 0 Å². The fraction of sp³-hybridized carbons (Fsp3) is 0.480. The van der Waals surface area contributed by atoms with Gasteiger partial charge >= 0.3 is 6.18 Å². The summed E-state index contributed by atoms with van der Waals surface area (Å²) in [5, 5.41) is 0. The highest BCUT2D eigenvalue weighted by Gasteiger charge is 2.40. The van der Waals surface area contributed by atoms with E-state index >= 15 is 0 Å². The van der Waals surface area contributed by atoms with Gasteiger partial charge in [0.2, 0.25) is 0 Å². The van der Waals surface area contributed by atoms with Crippen molar-refractivity contribution < 1.29 is 22.3 Å². The lowest BCUT2D eigenvalue weighted by molar-refractivity contribution is -0.155. The Hall–Kier alpha value is -2.12. The number of alkyl halides is 4. The molecule has 2 aromatic carbocycles. The lowest BCUT2D eigenvalue weighted by atomic mass is 9.84. The highest BCUT2D eigenvalue weighted by atomic mass is 19.4. The Morgan fingerprint density at radius 2 is 1.81 bits per heavy atom. The summed E-state index contributed by atoms with van der Waals surface area (Å²) in [5.41, 5.74) is 3.62. The summed E-state index contributed by atoms with van der Waals surface area (Å²) in [7, 11) is 0. The maximum absolute atomic E-state index is 13.4. The minimum absolute atomic E-state index is 0.147. The summed E-state index contributed by atoms with van der Waals surface area (Å²) < 4.78 is 58.5. The molecule has 2 atom stereocenters. The van der Waals surface area contributed by atoms with E-state index in [2.05, 4.69) is 11.8 Å². The molecule has 0 aliphatic carbocycles. The minimum atomic E-state index is -4.28. The molecule has 1 saturated heterocycles. The Bertz CT molecular complexity index is 909. The quantitative estimate of drug-likeness (QED) is 0.551. The first-order valence-electron chi connectivity index (χ1n) is 11.0. The lowest BCUT2D eigenvalue weighted by Gasteiger charge is -2.42. The van der Waals surface area contributed by atoms with Gasteiger partial charge in [0, 0.05) is 31.6 Å². The maximum atomic E-state index is 13.4. The van der Waals surface area contributed by atoms with Gasteiger partial charge in [0.15, 0.2) is 0 Å². The predicted octanol–water partition coefficient (Wildman–Crippen LogP) is 5.05. The molecule has 0 saturated carbocycles. The number of fused-ring (bicyclic) bond motifs is 1. The zero-order valence-electron chi connectivity index (χ0n) is 18.2. The largest absolute Gasteiger partial charge is 0.492 e. The van der Waals surface area contributed by atoms with E-state index in [1.807, 2.05) is 49.4 Å². The molecule has 0 unspecified atom stereocenters. The van der Waals surface area contributed by atoms with Crippen molar-refractivity contribution in [1.29, 1.82) is 0 Å². The number of rotatable bonds is 7. The summed E-state index contributed by atoms with van der Waals surface area (Å²) in [4.78, 5) is 3.68. The van der Waals surface area contributed by atoms with E-state index in [-0.39, 0.29) is 18.6 Å². The van der Waals surface area contributed by atoms with Crippen molar-refractivity contribution in [2.24, 2.45) is 5.92 Å². The van der Waals surface area contributed by atoms with Crippen molar-refractivity contribution in [2.45, 2.75) is 31.6 Å². The monoisotopic (exact) mass is 449 g/mol. The molecule has 3 nitrogen and oxygen atoms in total. The van der Waals surface area contributed by atoms with Gasteiger partial charge in [-0.25, -0.2) is 0 Å². The van der Waals surface area contributed by atoms with Crippen LogP contribution < -0.4 is 4.74 Å². The smallest absolute Gasteiger partial charge is 0.401 e. The van der Waals surface area contributed by atoms with Crippen LogP contribution in [0.25, 0.3) is 0 Å². The summed E-state index contributed by atoms with van der Waals surface area (Å²) in [6.07, 6.45) is -3.72. The highest BCUT2D eigenvalue weighted by molar-refractivity contribution is 5.44. The third-order valence-corrected chi connectivity index (χ3v) is 6.40. The molecule has 7 heteroatoms. The van der Waals surface area contributed by atoms with Gasteiger partial charge in [-0.1, -0.05) is 30.3 Å². The van der Waals surface area contributed by atoms with E-state index in [0.717, 1.165) is 41.9 Å². The standard InChI is InChI=1S/C25H29F4N2O/c1-17-3-8-23-21(11-17)12-18(2)31(16-25(27,28)29)24(23)20-4-6-22(7-5-20)32-10-9-30-14-19(13-26)15-30/h3-8,11,18-19,24H,1,9-10,12-16H2,2H3/t18-,24-/m0/s1. The Kier molecular flexibility index (Phi) is 6.77. The van der Waals surface area contributed by atoms with Crippen molar-refractivity contribution in [1.82, 2.24) is 9.80 Å². The number of hydrogen-bond donors (Lipinski definition) is 0. The SMILES string of the molecule is [CH2]c1ccc2c(c1)C[C@H](C)N(CC(F)(F)F)[C@H]2c1ccc(OCCN2CC(CF)C2)cc1. The average molecular weight is 450 g/mol. The van der Waals surface area contributed by atoms with Gasteiger partial charge in [-0.15, -0.1) is 0 Å². The van der Waals surface area contributed by atoms with E-state index in [9.17, 15) is 17.6 Å². The molecule has 173 valence electrons. The molecule has 0 amide bonds. The Labute approximate surface area is 187 Å². The van der Waals surface area contributed by atoms with Crippen molar-refractivity contribution in [2.75, 3.05) is 39.5 Å². The molecule has 2 aliphatic heterocycles. The summed E-state index contributed by atoms with van der Waals surface area (Å²) in [6, 6.07) is 12.3. The van der Waals surface area contributed by atoms with E-state index < -0.39 is 18.8 Å². The molecule has 1 fully saturated rings. The minimum Gasteiger partial charge on any atom is -0.492 e. The highest BCUT2D eigenvalue weighted by Crippen LogP contribution is 2.40. The third-order valence-electron chi connectivity index (χ3n) is 6.40. The number of nitrogens with zero attached hydrogens (tertiary/aromatic N) is 2. The fourth-order valence-electron chi connectivity index (χ4n) is 4.79. The molecular weight excluding hydrogens is 420 g/mol. The van der Waals surface area contributed by atoms with Crippen LogP contribution in [0, 0.1) is 12.8 Å². The molecule has 0 aromatic heterocycles. The number of halogens is 4. The Morgan fingerprint density at radius 3 is 2.47 bits per heavy atom. The number of hydrogen-bond acceptors (Lipinski definition) is 3. The Balaban J connectivity index is 1.50.